The van der Waals surface area contributed by atoms with Crippen molar-refractivity contribution in [1.82, 2.24) is 14.4 Å². The topological polar surface area (TPSA) is 79.2 Å². The van der Waals surface area contributed by atoms with Crippen LogP contribution in [0.1, 0.15) is 86.8 Å². The van der Waals surface area contributed by atoms with Crippen molar-refractivity contribution in [3.63, 3.8) is 0 Å². The standard InChI is InChI=1S/C41H48N4O4/c1-5-39-14-9-17-43-19-13-25-24-11-7-8-12-29(24)45(33(25)35(39)43)30(23-39)26-21-27-28(22-31(26)48-3)42-34-32(37(47)49-4)36(46)40(6-2)15-10-18-44-20-16-41(27,34)38(40)44/h7-8,10-12,15,21-22,30,35-36,38,42,46H,5-6,9,13-14,16-20,23H2,1-4H3/t30-,35-,36+,38+,39+,40+,41+/m1/s1. The lowest BCUT2D eigenvalue weighted by Crippen LogP contribution is -2.63. The fourth-order valence-corrected chi connectivity index (χ4v) is 12.6. The average molecular weight is 661 g/mol. The molecule has 256 valence electrons. The first-order valence-corrected chi connectivity index (χ1v) is 18.7. The number of carbonyl (C=O) groups is 1. The molecule has 1 spiro atoms. The Balaban J connectivity index is 1.25. The molecule has 0 unspecified atom stereocenters. The van der Waals surface area contributed by atoms with Gasteiger partial charge in [0.2, 0.25) is 0 Å². The van der Waals surface area contributed by atoms with Crippen LogP contribution in [0.15, 0.2) is 59.8 Å². The fraction of sp³-hybridized carbons (Fsp3) is 0.537. The van der Waals surface area contributed by atoms with Gasteiger partial charge in [0.25, 0.3) is 0 Å². The Bertz CT molecular complexity index is 2000. The number of rotatable bonds is 5. The second-order valence-corrected chi connectivity index (χ2v) is 15.9. The highest BCUT2D eigenvalue weighted by atomic mass is 16.5. The van der Waals surface area contributed by atoms with Crippen molar-refractivity contribution in [1.29, 1.82) is 0 Å². The van der Waals surface area contributed by atoms with Crippen LogP contribution in [0.3, 0.4) is 0 Å². The molecule has 7 aliphatic rings. The number of hydrogen-bond acceptors (Lipinski definition) is 7. The van der Waals surface area contributed by atoms with E-state index in [0.29, 0.717) is 11.6 Å². The summed E-state index contributed by atoms with van der Waals surface area (Å²) in [6.45, 7) is 8.65. The van der Waals surface area contributed by atoms with Crippen LogP contribution in [-0.4, -0.2) is 78.0 Å². The molecule has 1 aliphatic carbocycles. The molecule has 0 bridgehead atoms. The molecule has 0 radical (unpaired) electrons. The van der Waals surface area contributed by atoms with Gasteiger partial charge in [-0.05, 0) is 80.2 Å². The van der Waals surface area contributed by atoms with E-state index in [4.69, 9.17) is 9.47 Å². The maximum atomic E-state index is 13.7. The summed E-state index contributed by atoms with van der Waals surface area (Å²) < 4.78 is 14.5. The molecule has 2 aromatic carbocycles. The zero-order chi connectivity index (χ0) is 33.4. The fourth-order valence-electron chi connectivity index (χ4n) is 12.6. The van der Waals surface area contributed by atoms with Crippen molar-refractivity contribution in [2.24, 2.45) is 10.8 Å². The van der Waals surface area contributed by atoms with Crippen LogP contribution in [0.4, 0.5) is 5.69 Å². The first kappa shape index (κ1) is 30.3. The molecule has 49 heavy (non-hydrogen) atoms. The van der Waals surface area contributed by atoms with Crippen LogP contribution in [0.25, 0.3) is 10.9 Å². The Morgan fingerprint density at radius 1 is 1.06 bits per heavy atom. The van der Waals surface area contributed by atoms with E-state index in [1.165, 1.54) is 54.2 Å². The lowest BCUT2D eigenvalue weighted by Gasteiger charge is -2.57. The van der Waals surface area contributed by atoms with Gasteiger partial charge in [-0.2, -0.15) is 0 Å². The van der Waals surface area contributed by atoms with E-state index in [9.17, 15) is 9.90 Å². The summed E-state index contributed by atoms with van der Waals surface area (Å²) in [4.78, 5) is 19.0. The number of anilines is 1. The molecule has 1 aromatic heterocycles. The number of benzene rings is 2. The summed E-state index contributed by atoms with van der Waals surface area (Å²) in [5, 5.41) is 17.3. The largest absolute Gasteiger partial charge is 0.496 e. The molecule has 7 heterocycles. The summed E-state index contributed by atoms with van der Waals surface area (Å²) in [5.74, 6) is 0.431. The van der Waals surface area contributed by atoms with Crippen molar-refractivity contribution in [3.8, 4) is 5.75 Å². The van der Waals surface area contributed by atoms with Crippen LogP contribution in [-0.2, 0) is 21.4 Å². The molecule has 8 heteroatoms. The second kappa shape index (κ2) is 10.2. The van der Waals surface area contributed by atoms with E-state index >= 15 is 0 Å². The Labute approximate surface area is 288 Å². The van der Waals surface area contributed by atoms with Crippen molar-refractivity contribution in [3.05, 3.63) is 82.2 Å². The van der Waals surface area contributed by atoms with Gasteiger partial charge in [-0.3, -0.25) is 9.80 Å². The molecule has 7 atom stereocenters. The molecule has 0 amide bonds. The number of aliphatic hydroxyl groups excluding tert-OH is 1. The third-order valence-electron chi connectivity index (χ3n) is 14.5. The van der Waals surface area contributed by atoms with E-state index < -0.39 is 22.9 Å². The lowest BCUT2D eigenvalue weighted by atomic mass is 9.53. The smallest absolute Gasteiger partial charge is 0.338 e. The molecule has 2 N–H and O–H groups in total. The SMILES string of the molecule is CC[C@]12CCCN3CCc4c(n(c5ccccc45)[C@@H](c4cc5c(cc4OC)NC4=C(C(=O)OC)[C@H](O)[C@]6(CC)C=CCN7CC[C@@]45[C@@H]76)C1)[C@@H]32. The number of fused-ring (bicyclic) bond motifs is 4. The monoisotopic (exact) mass is 660 g/mol. The number of aromatic nitrogens is 1. The Kier molecular flexibility index (Phi) is 6.32. The van der Waals surface area contributed by atoms with Gasteiger partial charge in [-0.15, -0.1) is 0 Å². The highest BCUT2D eigenvalue weighted by Gasteiger charge is 2.68. The minimum Gasteiger partial charge on any atom is -0.496 e. The number of methoxy groups -OCH3 is 2. The average Bonchev–Trinajstić information content (AvgIpc) is 3.81. The maximum absolute atomic E-state index is 13.7. The number of esters is 1. The van der Waals surface area contributed by atoms with Crippen LogP contribution >= 0.6 is 0 Å². The van der Waals surface area contributed by atoms with E-state index in [1.807, 2.05) is 0 Å². The highest BCUT2D eigenvalue weighted by molar-refractivity contribution is 5.95. The van der Waals surface area contributed by atoms with Gasteiger partial charge >= 0.3 is 5.97 Å². The number of para-hydroxylation sites is 1. The van der Waals surface area contributed by atoms with E-state index in [2.05, 4.69) is 82.1 Å². The van der Waals surface area contributed by atoms with Crippen molar-refractivity contribution < 1.29 is 19.4 Å². The second-order valence-electron chi connectivity index (χ2n) is 15.9. The Hall–Kier alpha value is -3.59. The quantitative estimate of drug-likeness (QED) is 0.248. The number of hydrogen-bond donors (Lipinski definition) is 2. The number of nitrogens with zero attached hydrogens (tertiary/aromatic N) is 3. The molecule has 0 saturated carbocycles. The minimum absolute atomic E-state index is 0.0215. The van der Waals surface area contributed by atoms with Gasteiger partial charge in [0, 0.05) is 70.7 Å². The summed E-state index contributed by atoms with van der Waals surface area (Å²) in [6, 6.07) is 14.3. The predicted molar refractivity (Wildman–Crippen MR) is 190 cm³/mol. The molecular weight excluding hydrogens is 612 g/mol. The van der Waals surface area contributed by atoms with Gasteiger partial charge in [0.15, 0.2) is 0 Å². The minimum atomic E-state index is -0.967. The third-order valence-corrected chi connectivity index (χ3v) is 14.5. The Morgan fingerprint density at radius 2 is 1.92 bits per heavy atom. The number of carbonyl (C=O) groups excluding carboxylic acids is 1. The number of nitrogens with one attached hydrogen (secondary N) is 1. The summed E-state index contributed by atoms with van der Waals surface area (Å²) in [6.07, 6.45) is 10.8. The summed E-state index contributed by atoms with van der Waals surface area (Å²) >= 11 is 0. The van der Waals surface area contributed by atoms with Gasteiger partial charge in [0.05, 0.1) is 43.4 Å². The normalized spacial score (nSPS) is 35.4. The molecule has 10 rings (SSSR count). The molecular formula is C41H48N4O4. The van der Waals surface area contributed by atoms with Crippen molar-refractivity contribution in [2.45, 2.75) is 88.4 Å². The molecule has 8 nitrogen and oxygen atoms in total. The number of ether oxygens (including phenoxy) is 2. The van der Waals surface area contributed by atoms with Gasteiger partial charge in [-0.1, -0.05) is 44.2 Å². The molecule has 2 fully saturated rings. The van der Waals surface area contributed by atoms with E-state index in [0.717, 1.165) is 68.9 Å². The van der Waals surface area contributed by atoms with Gasteiger partial charge < -0.3 is 24.5 Å². The van der Waals surface area contributed by atoms with E-state index in [1.54, 1.807) is 12.7 Å². The van der Waals surface area contributed by atoms with E-state index in [-0.39, 0.29) is 17.5 Å². The van der Waals surface area contributed by atoms with Crippen molar-refractivity contribution in [2.75, 3.05) is 45.7 Å². The van der Waals surface area contributed by atoms with Crippen LogP contribution in [0, 0.1) is 10.8 Å². The summed E-state index contributed by atoms with van der Waals surface area (Å²) in [7, 11) is 3.22. The van der Waals surface area contributed by atoms with Gasteiger partial charge in [-0.25, -0.2) is 4.79 Å². The van der Waals surface area contributed by atoms with Crippen LogP contribution in [0.2, 0.25) is 0 Å². The zero-order valence-corrected chi connectivity index (χ0v) is 29.2. The van der Waals surface area contributed by atoms with Crippen molar-refractivity contribution >= 4 is 22.6 Å². The molecule has 6 aliphatic heterocycles. The van der Waals surface area contributed by atoms with Crippen LogP contribution < -0.4 is 10.1 Å². The van der Waals surface area contributed by atoms with Gasteiger partial charge in [0.1, 0.15) is 5.75 Å². The first-order valence-electron chi connectivity index (χ1n) is 18.7. The molecule has 2 saturated heterocycles. The first-order chi connectivity index (χ1) is 23.9. The molecule has 3 aromatic rings. The van der Waals surface area contributed by atoms with Crippen LogP contribution in [0.5, 0.6) is 5.75 Å². The zero-order valence-electron chi connectivity index (χ0n) is 29.2. The summed E-state index contributed by atoms with van der Waals surface area (Å²) in [5.41, 5.74) is 8.18. The predicted octanol–water partition coefficient (Wildman–Crippen LogP) is 6.24. The maximum Gasteiger partial charge on any atom is 0.338 e. The lowest BCUT2D eigenvalue weighted by molar-refractivity contribution is -0.139. The third kappa shape index (κ3) is 3.48. The number of piperidine rings is 1. The Morgan fingerprint density at radius 3 is 2.71 bits per heavy atom. The number of aliphatic hydroxyl groups is 1. The highest BCUT2D eigenvalue weighted by Crippen LogP contribution is 2.66.